The Morgan fingerprint density at radius 3 is 1.86 bits per heavy atom. The molecule has 0 spiro atoms. The first-order valence-electron chi connectivity index (χ1n) is 13.6. The maximum absolute atomic E-state index is 13.6. The summed E-state index contributed by atoms with van der Waals surface area (Å²) in [6.45, 7) is 7.04. The van der Waals surface area contributed by atoms with Crippen LogP contribution in [-0.4, -0.2) is 106 Å². The van der Waals surface area contributed by atoms with Crippen molar-refractivity contribution in [1.82, 2.24) is 26.2 Å². The minimum Gasteiger partial charge on any atom is -0.480 e. The van der Waals surface area contributed by atoms with Gasteiger partial charge in [0.2, 0.25) is 35.4 Å². The van der Waals surface area contributed by atoms with E-state index >= 15 is 0 Å². The molecule has 1 aliphatic heterocycles. The molecular weight excluding hydrogens is 654 g/mol. The molecule has 1 radical (unpaired) electrons. The minimum absolute atomic E-state index is 0. The first kappa shape index (κ1) is 40.5. The van der Waals surface area contributed by atoms with Gasteiger partial charge in [-0.15, -0.1) is 0 Å². The van der Waals surface area contributed by atoms with Gasteiger partial charge in [0.05, 0.1) is 12.5 Å². The third-order valence-electron chi connectivity index (χ3n) is 6.68. The molecule has 6 atom stereocenters. The van der Waals surface area contributed by atoms with Crippen molar-refractivity contribution in [2.24, 2.45) is 23.3 Å². The molecule has 0 aromatic carbocycles. The summed E-state index contributed by atoms with van der Waals surface area (Å²) in [6.07, 6.45) is 0.0747. The van der Waals surface area contributed by atoms with Gasteiger partial charge >= 0.3 is 23.0 Å². The molecule has 0 unspecified atom stereocenters. The summed E-state index contributed by atoms with van der Waals surface area (Å²) in [7, 11) is 0. The number of hydrogen-bond acceptors (Lipinski definition) is 10. The number of carboxylic acid groups (broad SMARTS) is 1. The van der Waals surface area contributed by atoms with E-state index in [9.17, 15) is 38.7 Å². The van der Waals surface area contributed by atoms with Crippen molar-refractivity contribution in [2.45, 2.75) is 83.2 Å². The Labute approximate surface area is 272 Å². The maximum atomic E-state index is 13.6. The van der Waals surface area contributed by atoms with Gasteiger partial charge in [-0.3, -0.25) is 28.8 Å². The minimum atomic E-state index is -1.49. The molecular formula is C25H43CuN7O8S2+2. The van der Waals surface area contributed by atoms with Crippen molar-refractivity contribution < 1.29 is 55.7 Å². The summed E-state index contributed by atoms with van der Waals surface area (Å²) < 4.78 is 0. The van der Waals surface area contributed by atoms with Gasteiger partial charge in [-0.05, 0) is 24.7 Å². The number of carboxylic acids is 1. The van der Waals surface area contributed by atoms with Gasteiger partial charge in [0.25, 0.3) is 0 Å². The second-order valence-corrected chi connectivity index (χ2v) is 11.5. The average molecular weight is 697 g/mol. The molecule has 1 fully saturated rings. The molecule has 1 rings (SSSR count). The molecule has 0 saturated carbocycles. The van der Waals surface area contributed by atoms with Gasteiger partial charge in [-0.2, -0.15) is 25.3 Å². The fourth-order valence-electron chi connectivity index (χ4n) is 4.25. The second kappa shape index (κ2) is 19.0. The van der Waals surface area contributed by atoms with Gasteiger partial charge < -0.3 is 42.7 Å². The van der Waals surface area contributed by atoms with Gasteiger partial charge in [0, 0.05) is 18.1 Å². The Morgan fingerprint density at radius 1 is 0.837 bits per heavy atom. The zero-order valence-corrected chi connectivity index (χ0v) is 27.2. The van der Waals surface area contributed by atoms with Crippen LogP contribution in [0.15, 0.2) is 0 Å². The molecule has 6 amide bonds. The van der Waals surface area contributed by atoms with Crippen LogP contribution in [0.5, 0.6) is 0 Å². The van der Waals surface area contributed by atoms with E-state index < -0.39 is 90.0 Å². The monoisotopic (exact) mass is 696 g/mol. The summed E-state index contributed by atoms with van der Waals surface area (Å²) in [5.74, 6) is -6.62. The second-order valence-electron chi connectivity index (χ2n) is 10.8. The molecule has 0 aliphatic carbocycles. The first-order valence-corrected chi connectivity index (χ1v) is 14.8. The van der Waals surface area contributed by atoms with Crippen LogP contribution in [0, 0.1) is 11.8 Å². The van der Waals surface area contributed by atoms with Crippen molar-refractivity contribution in [3.63, 3.8) is 0 Å². The normalized spacial score (nSPS) is 18.0. The van der Waals surface area contributed by atoms with E-state index in [1.54, 1.807) is 27.7 Å². The maximum Gasteiger partial charge on any atom is 2.00 e. The van der Waals surface area contributed by atoms with Crippen molar-refractivity contribution in [3.8, 4) is 0 Å². The Bertz CT molecular complexity index is 1040. The third kappa shape index (κ3) is 12.2. The van der Waals surface area contributed by atoms with Crippen LogP contribution in [-0.2, 0) is 50.6 Å². The van der Waals surface area contributed by atoms with Crippen LogP contribution in [0.2, 0.25) is 0 Å². The van der Waals surface area contributed by atoms with Gasteiger partial charge in [-0.1, -0.05) is 27.7 Å². The van der Waals surface area contributed by atoms with Crippen LogP contribution in [0.25, 0.3) is 0 Å². The van der Waals surface area contributed by atoms with Crippen LogP contribution in [0.3, 0.4) is 0 Å². The Hall–Kier alpha value is -2.53. The molecule has 1 saturated heterocycles. The van der Waals surface area contributed by atoms with Crippen molar-refractivity contribution in [3.05, 3.63) is 0 Å². The predicted molar refractivity (Wildman–Crippen MR) is 159 cm³/mol. The van der Waals surface area contributed by atoms with E-state index in [0.717, 1.165) is 0 Å². The Morgan fingerprint density at radius 2 is 1.40 bits per heavy atom. The smallest absolute Gasteiger partial charge is 0.480 e. The number of carbonyl (C=O) groups is 7. The van der Waals surface area contributed by atoms with Crippen LogP contribution >= 0.6 is 25.3 Å². The number of primary amides is 1. The summed E-state index contributed by atoms with van der Waals surface area (Å²) in [4.78, 5) is 89.3. The first-order chi connectivity index (χ1) is 19.5. The van der Waals surface area contributed by atoms with E-state index in [1.807, 2.05) is 0 Å². The molecule has 15 nitrogen and oxygen atoms in total. The van der Waals surface area contributed by atoms with Crippen molar-refractivity contribution >= 4 is 66.7 Å². The molecule has 9 N–H and O–H groups in total. The quantitative estimate of drug-likeness (QED) is 0.0605. The Kier molecular flexibility index (Phi) is 17.9. The molecule has 0 bridgehead atoms. The van der Waals surface area contributed by atoms with E-state index in [0.29, 0.717) is 6.42 Å². The fraction of sp³-hybridized carbons (Fsp3) is 0.720. The molecule has 0 aromatic heterocycles. The largest absolute Gasteiger partial charge is 2.00 e. The third-order valence-corrected chi connectivity index (χ3v) is 7.44. The average Bonchev–Trinajstić information content (AvgIpc) is 3.41. The zero-order chi connectivity index (χ0) is 32.3. The SMILES string of the molecule is CC(C)[C@H](NC(=O)[C@@H](N)CS)C(=O)N[C@H](C(=O)N1CCC[C@H]1C(=O)N[C@@H](CC(N)=O)C(=O)N[C@@H](CS)C(=O)O)C(C)C.[Cu+2]. The summed E-state index contributed by atoms with van der Waals surface area (Å²) in [6, 6.07) is -6.88. The molecule has 0 aromatic rings. The van der Waals surface area contributed by atoms with Crippen LogP contribution in [0.4, 0.5) is 0 Å². The number of amides is 6. The van der Waals surface area contributed by atoms with E-state index in [2.05, 4.69) is 46.5 Å². The van der Waals surface area contributed by atoms with E-state index in [1.165, 1.54) is 4.90 Å². The number of nitrogens with one attached hydrogen (secondary N) is 4. The van der Waals surface area contributed by atoms with Gasteiger partial charge in [0.15, 0.2) is 0 Å². The molecule has 1 heterocycles. The van der Waals surface area contributed by atoms with E-state index in [4.69, 9.17) is 11.5 Å². The van der Waals surface area contributed by atoms with Crippen LogP contribution < -0.4 is 32.7 Å². The van der Waals surface area contributed by atoms with Crippen LogP contribution in [0.1, 0.15) is 47.0 Å². The summed E-state index contributed by atoms with van der Waals surface area (Å²) >= 11 is 7.88. The molecule has 1 aliphatic rings. The predicted octanol–water partition coefficient (Wildman–Crippen LogP) is -2.63. The molecule has 247 valence electrons. The number of aliphatic carboxylic acids is 1. The molecule has 18 heteroatoms. The number of carbonyl (C=O) groups excluding carboxylic acids is 6. The standard InChI is InChI=1S/C25H43N7O8S2.Cu/c1-11(2)18(30-20(34)13(26)9-41)23(37)31-19(12(3)4)24(38)32-7-5-6-16(32)22(36)28-14(8-17(27)33)21(35)29-15(10-42)25(39)40;/h11-16,18-19,41-42H,5-10,26H2,1-4H3,(H2,27,33)(H,28,36)(H,29,35)(H,30,34)(H,31,37)(H,39,40);/q;+2/t13-,14-,15-,16-,18-,19-;/m0./s1. The number of thiol groups is 2. The van der Waals surface area contributed by atoms with Crippen molar-refractivity contribution in [2.75, 3.05) is 18.1 Å². The van der Waals surface area contributed by atoms with Crippen molar-refractivity contribution in [1.29, 1.82) is 0 Å². The Balaban J connectivity index is 0.0000176. The number of hydrogen-bond donors (Lipinski definition) is 9. The molecule has 43 heavy (non-hydrogen) atoms. The number of likely N-dealkylation sites (tertiary alicyclic amines) is 1. The zero-order valence-electron chi connectivity index (χ0n) is 24.5. The van der Waals surface area contributed by atoms with Gasteiger partial charge in [-0.25, -0.2) is 4.79 Å². The number of rotatable bonds is 16. The van der Waals surface area contributed by atoms with E-state index in [-0.39, 0.29) is 47.5 Å². The summed E-state index contributed by atoms with van der Waals surface area (Å²) in [5.41, 5.74) is 10.9. The topological polar surface area (TPSA) is 243 Å². The van der Waals surface area contributed by atoms with Gasteiger partial charge in [0.1, 0.15) is 30.2 Å². The number of nitrogens with two attached hydrogens (primary N) is 2. The number of nitrogens with zero attached hydrogens (tertiary/aromatic N) is 1. The fourth-order valence-corrected chi connectivity index (χ4v) is 4.67. The summed E-state index contributed by atoms with van der Waals surface area (Å²) in [5, 5.41) is 19.1.